The Hall–Kier alpha value is -15.9. The summed E-state index contributed by atoms with van der Waals surface area (Å²) in [5.74, 6) is 1.36. The molecule has 6 aromatic heterocycles. The van der Waals surface area contributed by atoms with Crippen LogP contribution in [-0.2, 0) is 0 Å². The van der Waals surface area contributed by atoms with E-state index in [0.29, 0.717) is 11.6 Å². The Morgan fingerprint density at radius 3 is 0.822 bits per heavy atom. The number of nitrogens with zero attached hydrogens (tertiary/aromatic N) is 6. The summed E-state index contributed by atoms with van der Waals surface area (Å²) in [6.07, 6.45) is 0. The highest BCUT2D eigenvalue weighted by molar-refractivity contribution is 6.29. The van der Waals surface area contributed by atoms with Gasteiger partial charge in [0.2, 0.25) is 0 Å². The van der Waals surface area contributed by atoms with Crippen LogP contribution in [0.25, 0.3) is 243 Å². The number of aromatic nitrogens is 6. The molecule has 24 aromatic rings. The molecule has 0 saturated heterocycles. The zero-order chi connectivity index (χ0) is 77.7. The first kappa shape index (κ1) is 67.8. The number of hydrogen-bond acceptors (Lipinski definition) is 8. The summed E-state index contributed by atoms with van der Waals surface area (Å²) in [6.45, 7) is 0. The summed E-state index contributed by atoms with van der Waals surface area (Å²) in [6, 6.07) is 140. The van der Waals surface area contributed by atoms with Crippen LogP contribution in [-0.4, -0.2) is 29.9 Å². The lowest BCUT2D eigenvalue weighted by Crippen LogP contribution is -1.96. The highest BCUT2D eigenvalue weighted by Crippen LogP contribution is 2.47. The number of para-hydroxylation sites is 2. The molecule has 18 aromatic carbocycles. The van der Waals surface area contributed by atoms with Crippen molar-refractivity contribution in [3.63, 3.8) is 0 Å². The maximum atomic E-state index is 6.80. The lowest BCUT2D eigenvalue weighted by Gasteiger charge is -2.13. The third kappa shape index (κ3) is 11.7. The topological polar surface area (TPSA) is 104 Å². The van der Waals surface area contributed by atoms with Crippen molar-refractivity contribution in [1.29, 1.82) is 0 Å². The highest BCUT2D eigenvalue weighted by Gasteiger charge is 2.24. The van der Waals surface area contributed by atoms with Gasteiger partial charge in [0.25, 0.3) is 0 Å². The molecule has 0 amide bonds. The summed E-state index contributed by atoms with van der Waals surface area (Å²) in [7, 11) is 0. The van der Waals surface area contributed by atoms with Gasteiger partial charge in [0.05, 0.1) is 56.0 Å². The summed E-state index contributed by atoms with van der Waals surface area (Å²) < 4.78 is 13.5. The number of furan rings is 2. The Morgan fingerprint density at radius 2 is 0.407 bits per heavy atom. The Morgan fingerprint density at radius 1 is 0.153 bits per heavy atom. The molecular weight excluding hydrogens is 1440 g/mol. The van der Waals surface area contributed by atoms with Crippen molar-refractivity contribution in [2.75, 3.05) is 0 Å². The van der Waals surface area contributed by atoms with E-state index in [1.165, 1.54) is 70.2 Å². The van der Waals surface area contributed by atoms with Crippen molar-refractivity contribution in [1.82, 2.24) is 29.9 Å². The molecule has 6 heterocycles. The number of fused-ring (bicyclic) bond motifs is 22. The second kappa shape index (κ2) is 28.0. The molecule has 118 heavy (non-hydrogen) atoms. The van der Waals surface area contributed by atoms with Crippen molar-refractivity contribution in [2.24, 2.45) is 0 Å². The third-order valence-electron chi connectivity index (χ3n) is 23.3. The van der Waals surface area contributed by atoms with Crippen molar-refractivity contribution < 1.29 is 8.83 Å². The van der Waals surface area contributed by atoms with Crippen LogP contribution < -0.4 is 0 Å². The Labute approximate surface area is 677 Å². The molecule has 0 saturated carbocycles. The van der Waals surface area contributed by atoms with Crippen LogP contribution in [0.1, 0.15) is 0 Å². The fourth-order valence-electron chi connectivity index (χ4n) is 17.6. The van der Waals surface area contributed by atoms with Gasteiger partial charge in [-0.05, 0) is 148 Å². The summed E-state index contributed by atoms with van der Waals surface area (Å²) in [5.41, 5.74) is 22.9. The van der Waals surface area contributed by atoms with Gasteiger partial charge < -0.3 is 8.83 Å². The van der Waals surface area contributed by atoms with Crippen molar-refractivity contribution in [3.8, 4) is 113 Å². The smallest absolute Gasteiger partial charge is 0.160 e. The summed E-state index contributed by atoms with van der Waals surface area (Å²) in [5, 5.41) is 20.9. The van der Waals surface area contributed by atoms with E-state index in [9.17, 15) is 0 Å². The predicted octanol–water partition coefficient (Wildman–Crippen LogP) is 29.4. The standard InChI is InChI=1S/2C55H33N3O/c1-3-13-35(14-4-1)49-33-50(36-15-5-2-6-16-36)58-55(57-49)37-25-23-34(24-26-37)38-28-30-48-47(31-38)54-52(45-21-11-12-22-51(45)59-54)53(56-48)39-27-29-44-42-19-8-7-17-40(42)41-18-9-10-20-43(41)46(44)32-39;1-3-13-34(14-4-1)35-23-25-36(26-24-35)49-33-50(58-55(57-49)37-15-5-2-6-16-37)38-28-30-48-47(31-38)54-52(45-21-11-12-22-51(45)59-54)53(56-48)39-27-29-44-42-19-8-7-17-40(42)41-18-9-10-20-43(41)46(44)32-39/h2*1-33H. The average Bonchev–Trinajstić information content (AvgIpc) is 1.42. The maximum absolute atomic E-state index is 6.80. The van der Waals surface area contributed by atoms with E-state index in [-0.39, 0.29) is 0 Å². The largest absolute Gasteiger partial charge is 0.455 e. The minimum absolute atomic E-state index is 0.671. The Balaban J connectivity index is 0.000000138. The molecule has 0 fully saturated rings. The lowest BCUT2D eigenvalue weighted by atomic mass is 9.92. The molecular formula is C110H66N6O2. The second-order valence-electron chi connectivity index (χ2n) is 30.2. The Bertz CT molecular complexity index is 8020. The molecule has 0 atom stereocenters. The van der Waals surface area contributed by atoms with Gasteiger partial charge in [-0.2, -0.15) is 0 Å². The fraction of sp³-hybridized carbons (Fsp3) is 0. The second-order valence-corrected chi connectivity index (χ2v) is 30.2. The molecule has 8 nitrogen and oxygen atoms in total. The Kier molecular flexibility index (Phi) is 16.1. The minimum Gasteiger partial charge on any atom is -0.455 e. The van der Waals surface area contributed by atoms with Gasteiger partial charge in [0.1, 0.15) is 22.3 Å². The molecule has 0 unspecified atom stereocenters. The van der Waals surface area contributed by atoms with Crippen LogP contribution in [0.15, 0.2) is 409 Å². The summed E-state index contributed by atoms with van der Waals surface area (Å²) in [4.78, 5) is 31.2. The quantitative estimate of drug-likeness (QED) is 0.125. The van der Waals surface area contributed by atoms with Crippen LogP contribution in [0, 0.1) is 0 Å². The number of hydrogen-bond donors (Lipinski definition) is 0. The van der Waals surface area contributed by atoms with Crippen LogP contribution in [0.4, 0.5) is 0 Å². The van der Waals surface area contributed by atoms with Gasteiger partial charge >= 0.3 is 0 Å². The number of rotatable bonds is 10. The van der Waals surface area contributed by atoms with Crippen molar-refractivity contribution >= 4 is 130 Å². The van der Waals surface area contributed by atoms with Crippen LogP contribution in [0.3, 0.4) is 0 Å². The molecule has 0 N–H and O–H groups in total. The molecule has 0 aliphatic heterocycles. The van der Waals surface area contributed by atoms with Gasteiger partial charge in [0.15, 0.2) is 11.6 Å². The van der Waals surface area contributed by atoms with E-state index < -0.39 is 0 Å². The molecule has 0 aliphatic rings. The van der Waals surface area contributed by atoms with Gasteiger partial charge in [-0.25, -0.2) is 29.9 Å². The van der Waals surface area contributed by atoms with E-state index in [2.05, 4.69) is 315 Å². The molecule has 24 rings (SSSR count). The van der Waals surface area contributed by atoms with Gasteiger partial charge in [0, 0.05) is 66.1 Å². The van der Waals surface area contributed by atoms with E-state index in [0.717, 1.165) is 161 Å². The number of benzene rings is 18. The third-order valence-corrected chi connectivity index (χ3v) is 23.3. The first-order chi connectivity index (χ1) is 58.5. The van der Waals surface area contributed by atoms with E-state index >= 15 is 0 Å². The molecule has 0 aliphatic carbocycles. The zero-order valence-electron chi connectivity index (χ0n) is 63.6. The van der Waals surface area contributed by atoms with E-state index in [4.69, 9.17) is 38.7 Å². The molecule has 0 bridgehead atoms. The molecule has 8 heteroatoms. The number of pyridine rings is 2. The fourth-order valence-corrected chi connectivity index (χ4v) is 17.6. The predicted molar refractivity (Wildman–Crippen MR) is 489 cm³/mol. The van der Waals surface area contributed by atoms with Crippen molar-refractivity contribution in [3.05, 3.63) is 400 Å². The normalized spacial score (nSPS) is 11.7. The van der Waals surface area contributed by atoms with Gasteiger partial charge in [-0.1, -0.05) is 340 Å². The molecule has 548 valence electrons. The van der Waals surface area contributed by atoms with Gasteiger partial charge in [-0.3, -0.25) is 0 Å². The molecule has 0 spiro atoms. The first-order valence-electron chi connectivity index (χ1n) is 39.9. The minimum atomic E-state index is 0.671. The highest BCUT2D eigenvalue weighted by atomic mass is 16.3. The van der Waals surface area contributed by atoms with Crippen LogP contribution in [0.2, 0.25) is 0 Å². The average molecular weight is 1500 g/mol. The van der Waals surface area contributed by atoms with E-state index in [1.54, 1.807) is 0 Å². The van der Waals surface area contributed by atoms with Gasteiger partial charge in [-0.15, -0.1) is 0 Å². The zero-order valence-corrected chi connectivity index (χ0v) is 63.6. The lowest BCUT2D eigenvalue weighted by molar-refractivity contribution is 0.672. The maximum Gasteiger partial charge on any atom is 0.160 e. The van der Waals surface area contributed by atoms with Crippen molar-refractivity contribution in [2.45, 2.75) is 0 Å². The van der Waals surface area contributed by atoms with Crippen LogP contribution in [0.5, 0.6) is 0 Å². The first-order valence-corrected chi connectivity index (χ1v) is 39.9. The monoisotopic (exact) mass is 1500 g/mol. The van der Waals surface area contributed by atoms with Crippen LogP contribution >= 0.6 is 0 Å². The molecule has 0 radical (unpaired) electrons. The van der Waals surface area contributed by atoms with E-state index in [1.807, 2.05) is 84.9 Å². The SMILES string of the molecule is c1ccc(-c2cc(-c3ccccc3)nc(-c3ccc(-c4ccc5nc(-c6ccc7c8ccccc8c8ccccc8c7c6)c6c7ccccc7oc6c5c4)cc3)n2)cc1.c1ccc(-c2ccc(-c3cc(-c4ccc5nc(-c6ccc7c8ccccc8c8ccccc8c7c6)c6c7ccccc7oc6c5c4)nc(-c4ccccc4)n3)cc2)cc1. The summed E-state index contributed by atoms with van der Waals surface area (Å²) >= 11 is 0.